The number of ether oxygens (including phenoxy) is 1. The third-order valence-electron chi connectivity index (χ3n) is 2.71. The highest BCUT2D eigenvalue weighted by atomic mass is 19.1. The average Bonchev–Trinajstić information content (AvgIpc) is 2.28. The van der Waals surface area contributed by atoms with Crippen LogP contribution in [0.15, 0.2) is 18.2 Å². The molecule has 2 nitrogen and oxygen atoms in total. The monoisotopic (exact) mass is 225 g/mol. The highest BCUT2D eigenvalue weighted by Crippen LogP contribution is 2.12. The second-order valence-corrected chi connectivity index (χ2v) is 3.92. The van der Waals surface area contributed by atoms with Crippen molar-refractivity contribution in [2.24, 2.45) is 0 Å². The Morgan fingerprint density at radius 2 is 2.19 bits per heavy atom. The van der Waals surface area contributed by atoms with Crippen LogP contribution in [-0.2, 0) is 11.2 Å². The summed E-state index contributed by atoms with van der Waals surface area (Å²) in [4.78, 5) is 0. The van der Waals surface area contributed by atoms with E-state index in [1.807, 2.05) is 27.0 Å². The molecule has 0 heterocycles. The number of nitrogens with one attached hydrogen (secondary N) is 1. The summed E-state index contributed by atoms with van der Waals surface area (Å²) >= 11 is 0. The summed E-state index contributed by atoms with van der Waals surface area (Å²) < 4.78 is 18.5. The Bertz CT molecular complexity index is 328. The second kappa shape index (κ2) is 6.61. The molecule has 1 atom stereocenters. The van der Waals surface area contributed by atoms with E-state index in [1.54, 1.807) is 6.07 Å². The highest BCUT2D eigenvalue weighted by molar-refractivity contribution is 5.27. The van der Waals surface area contributed by atoms with Crippen molar-refractivity contribution in [2.45, 2.75) is 26.3 Å². The summed E-state index contributed by atoms with van der Waals surface area (Å²) in [7, 11) is 1.90. The standard InChI is InChI=1S/C13H20FNO/c1-4-16-9-13(15-3)8-11-7-12(14)6-5-10(11)2/h5-7,13,15H,4,8-9H2,1-3H3. The van der Waals surface area contributed by atoms with Crippen LogP contribution in [0.25, 0.3) is 0 Å². The molecule has 0 bridgehead atoms. The third-order valence-corrected chi connectivity index (χ3v) is 2.71. The maximum absolute atomic E-state index is 13.1. The maximum Gasteiger partial charge on any atom is 0.123 e. The number of halogens is 1. The topological polar surface area (TPSA) is 21.3 Å². The Hall–Kier alpha value is -0.930. The summed E-state index contributed by atoms with van der Waals surface area (Å²) in [5, 5.41) is 3.18. The van der Waals surface area contributed by atoms with E-state index in [4.69, 9.17) is 4.74 Å². The van der Waals surface area contributed by atoms with Gasteiger partial charge in [-0.1, -0.05) is 6.07 Å². The van der Waals surface area contributed by atoms with Gasteiger partial charge in [-0.3, -0.25) is 0 Å². The molecule has 0 amide bonds. The number of likely N-dealkylation sites (N-methyl/N-ethyl adjacent to an activating group) is 1. The Morgan fingerprint density at radius 3 is 2.81 bits per heavy atom. The van der Waals surface area contributed by atoms with E-state index in [0.717, 1.165) is 17.5 Å². The molecule has 90 valence electrons. The molecule has 0 aliphatic carbocycles. The van der Waals surface area contributed by atoms with Crippen molar-refractivity contribution >= 4 is 0 Å². The van der Waals surface area contributed by atoms with Crippen molar-refractivity contribution in [3.8, 4) is 0 Å². The predicted molar refractivity (Wildman–Crippen MR) is 64.2 cm³/mol. The lowest BCUT2D eigenvalue weighted by molar-refractivity contribution is 0.125. The van der Waals surface area contributed by atoms with Gasteiger partial charge in [0, 0.05) is 12.6 Å². The van der Waals surface area contributed by atoms with Crippen molar-refractivity contribution in [2.75, 3.05) is 20.3 Å². The van der Waals surface area contributed by atoms with Crippen LogP contribution in [0.4, 0.5) is 4.39 Å². The van der Waals surface area contributed by atoms with Crippen LogP contribution in [0.2, 0.25) is 0 Å². The first-order chi connectivity index (χ1) is 7.67. The van der Waals surface area contributed by atoms with Gasteiger partial charge in [-0.15, -0.1) is 0 Å². The zero-order valence-electron chi connectivity index (χ0n) is 10.2. The molecule has 3 heteroatoms. The molecular weight excluding hydrogens is 205 g/mol. The van der Waals surface area contributed by atoms with Crippen molar-refractivity contribution in [3.63, 3.8) is 0 Å². The van der Waals surface area contributed by atoms with Crippen molar-refractivity contribution in [1.82, 2.24) is 5.32 Å². The molecular formula is C13H20FNO. The molecule has 0 saturated carbocycles. The zero-order chi connectivity index (χ0) is 12.0. The Kier molecular flexibility index (Phi) is 5.43. The van der Waals surface area contributed by atoms with Gasteiger partial charge in [0.1, 0.15) is 5.82 Å². The first kappa shape index (κ1) is 13.1. The van der Waals surface area contributed by atoms with E-state index < -0.39 is 0 Å². The van der Waals surface area contributed by atoms with Crippen molar-refractivity contribution in [3.05, 3.63) is 35.1 Å². The quantitative estimate of drug-likeness (QED) is 0.802. The predicted octanol–water partition coefficient (Wildman–Crippen LogP) is 2.30. The second-order valence-electron chi connectivity index (χ2n) is 3.92. The molecule has 1 N–H and O–H groups in total. The molecule has 0 aliphatic heterocycles. The molecule has 1 aromatic carbocycles. The van der Waals surface area contributed by atoms with Gasteiger partial charge in [0.15, 0.2) is 0 Å². The molecule has 1 rings (SSSR count). The summed E-state index contributed by atoms with van der Waals surface area (Å²) in [6.07, 6.45) is 0.792. The summed E-state index contributed by atoms with van der Waals surface area (Å²) in [6, 6.07) is 5.15. The minimum atomic E-state index is -0.174. The van der Waals surface area contributed by atoms with Crippen molar-refractivity contribution < 1.29 is 9.13 Å². The van der Waals surface area contributed by atoms with Crippen LogP contribution in [0.3, 0.4) is 0 Å². The van der Waals surface area contributed by atoms with Gasteiger partial charge in [-0.2, -0.15) is 0 Å². The number of hydrogen-bond acceptors (Lipinski definition) is 2. The largest absolute Gasteiger partial charge is 0.380 e. The van der Waals surface area contributed by atoms with Crippen LogP contribution in [0.1, 0.15) is 18.1 Å². The van der Waals surface area contributed by atoms with Gasteiger partial charge >= 0.3 is 0 Å². The van der Waals surface area contributed by atoms with Gasteiger partial charge in [-0.05, 0) is 50.6 Å². The molecule has 16 heavy (non-hydrogen) atoms. The van der Waals surface area contributed by atoms with E-state index in [-0.39, 0.29) is 11.9 Å². The molecule has 0 fully saturated rings. The minimum absolute atomic E-state index is 0.174. The lowest BCUT2D eigenvalue weighted by atomic mass is 10.0. The Labute approximate surface area is 96.8 Å². The third kappa shape index (κ3) is 3.91. The maximum atomic E-state index is 13.1. The van der Waals surface area contributed by atoms with E-state index in [2.05, 4.69) is 5.32 Å². The fraction of sp³-hybridized carbons (Fsp3) is 0.538. The van der Waals surface area contributed by atoms with Gasteiger partial charge < -0.3 is 10.1 Å². The van der Waals surface area contributed by atoms with Crippen LogP contribution < -0.4 is 5.32 Å². The molecule has 1 unspecified atom stereocenters. The molecule has 0 radical (unpaired) electrons. The first-order valence-corrected chi connectivity index (χ1v) is 5.67. The van der Waals surface area contributed by atoms with Gasteiger partial charge in [0.05, 0.1) is 6.61 Å². The number of aryl methyl sites for hydroxylation is 1. The SMILES string of the molecule is CCOCC(Cc1cc(F)ccc1C)NC. The molecule has 0 aliphatic rings. The number of benzene rings is 1. The Morgan fingerprint density at radius 1 is 1.44 bits per heavy atom. The smallest absolute Gasteiger partial charge is 0.123 e. The van der Waals surface area contributed by atoms with Crippen LogP contribution >= 0.6 is 0 Å². The normalized spacial score (nSPS) is 12.8. The lowest BCUT2D eigenvalue weighted by Crippen LogP contribution is -2.32. The summed E-state index contributed by atoms with van der Waals surface area (Å²) in [6.45, 7) is 5.34. The van der Waals surface area contributed by atoms with Gasteiger partial charge in [0.2, 0.25) is 0 Å². The molecule has 0 spiro atoms. The van der Waals surface area contributed by atoms with Gasteiger partial charge in [-0.25, -0.2) is 4.39 Å². The van der Waals surface area contributed by atoms with Crippen LogP contribution in [0, 0.1) is 12.7 Å². The highest BCUT2D eigenvalue weighted by Gasteiger charge is 2.09. The fourth-order valence-electron chi connectivity index (χ4n) is 1.63. The minimum Gasteiger partial charge on any atom is -0.380 e. The number of hydrogen-bond donors (Lipinski definition) is 1. The van der Waals surface area contributed by atoms with E-state index in [9.17, 15) is 4.39 Å². The van der Waals surface area contributed by atoms with Crippen molar-refractivity contribution in [1.29, 1.82) is 0 Å². The van der Waals surface area contributed by atoms with E-state index in [1.165, 1.54) is 6.07 Å². The van der Waals surface area contributed by atoms with E-state index >= 15 is 0 Å². The first-order valence-electron chi connectivity index (χ1n) is 5.67. The molecule has 0 aromatic heterocycles. The molecule has 1 aromatic rings. The Balaban J connectivity index is 2.65. The summed E-state index contributed by atoms with van der Waals surface area (Å²) in [5.74, 6) is -0.174. The zero-order valence-corrected chi connectivity index (χ0v) is 10.2. The lowest BCUT2D eigenvalue weighted by Gasteiger charge is -2.17. The van der Waals surface area contributed by atoms with E-state index in [0.29, 0.717) is 13.2 Å². The molecule has 0 saturated heterocycles. The van der Waals surface area contributed by atoms with Crippen LogP contribution in [0.5, 0.6) is 0 Å². The average molecular weight is 225 g/mol. The number of rotatable bonds is 6. The van der Waals surface area contributed by atoms with Gasteiger partial charge in [0.25, 0.3) is 0 Å². The fourth-order valence-corrected chi connectivity index (χ4v) is 1.63. The van der Waals surface area contributed by atoms with Crippen LogP contribution in [-0.4, -0.2) is 26.3 Å². The summed E-state index contributed by atoms with van der Waals surface area (Å²) in [5.41, 5.74) is 2.16.